The first-order chi connectivity index (χ1) is 12.3. The Balaban J connectivity index is 2.00. The Labute approximate surface area is 159 Å². The zero-order chi connectivity index (χ0) is 19.3. The van der Waals surface area contributed by atoms with Crippen LogP contribution in [0, 0.1) is 10.1 Å². The summed E-state index contributed by atoms with van der Waals surface area (Å²) >= 11 is 11.9. The van der Waals surface area contributed by atoms with Gasteiger partial charge < -0.3 is 10.1 Å². The van der Waals surface area contributed by atoms with Gasteiger partial charge in [-0.3, -0.25) is 19.7 Å². The molecule has 0 aliphatic rings. The van der Waals surface area contributed by atoms with Crippen molar-refractivity contribution in [2.45, 2.75) is 13.0 Å². The number of nitro groups is 1. The smallest absolute Gasteiger partial charge is 0.270 e. The number of rotatable bonds is 7. The number of nitrogens with zero attached hydrogens (tertiary/aromatic N) is 1. The van der Waals surface area contributed by atoms with Gasteiger partial charge in [-0.2, -0.15) is 0 Å². The number of hydrogen-bond donors (Lipinski definition) is 1. The summed E-state index contributed by atoms with van der Waals surface area (Å²) in [7, 11) is 0. The minimum Gasteiger partial charge on any atom is -0.483 e. The van der Waals surface area contributed by atoms with Crippen molar-refractivity contribution in [3.8, 4) is 5.75 Å². The number of benzene rings is 2. The third-order valence-corrected chi connectivity index (χ3v) is 4.06. The maximum atomic E-state index is 12.1. The molecular weight excluding hydrogens is 383 g/mol. The van der Waals surface area contributed by atoms with Crippen LogP contribution in [0.1, 0.15) is 28.9 Å². The molecule has 0 spiro atoms. The van der Waals surface area contributed by atoms with Crippen LogP contribution in [0.25, 0.3) is 0 Å². The Morgan fingerprint density at radius 1 is 1.31 bits per heavy atom. The first kappa shape index (κ1) is 19.7. The summed E-state index contributed by atoms with van der Waals surface area (Å²) in [6, 6.07) is 8.09. The number of aldehydes is 1. The fourth-order valence-electron chi connectivity index (χ4n) is 2.23. The van der Waals surface area contributed by atoms with Gasteiger partial charge in [0.1, 0.15) is 5.75 Å². The number of halogens is 2. The van der Waals surface area contributed by atoms with Crippen LogP contribution in [0.3, 0.4) is 0 Å². The van der Waals surface area contributed by atoms with E-state index in [9.17, 15) is 19.7 Å². The molecule has 0 aliphatic heterocycles. The van der Waals surface area contributed by atoms with E-state index in [0.29, 0.717) is 21.9 Å². The summed E-state index contributed by atoms with van der Waals surface area (Å²) in [5, 5.41) is 14.3. The minimum atomic E-state index is -0.624. The van der Waals surface area contributed by atoms with Gasteiger partial charge >= 0.3 is 0 Å². The highest BCUT2D eigenvalue weighted by molar-refractivity contribution is 6.35. The highest BCUT2D eigenvalue weighted by Gasteiger charge is 2.15. The van der Waals surface area contributed by atoms with Gasteiger partial charge in [-0.1, -0.05) is 29.3 Å². The van der Waals surface area contributed by atoms with Crippen LogP contribution in [0.15, 0.2) is 36.4 Å². The molecule has 0 radical (unpaired) electrons. The molecule has 0 fully saturated rings. The summed E-state index contributed by atoms with van der Waals surface area (Å²) in [5.41, 5.74) is 0.434. The lowest BCUT2D eigenvalue weighted by molar-refractivity contribution is -0.384. The van der Waals surface area contributed by atoms with Crippen LogP contribution in [0.4, 0.5) is 5.69 Å². The quantitative estimate of drug-likeness (QED) is 0.433. The molecule has 0 saturated heterocycles. The molecule has 1 atom stereocenters. The fourth-order valence-corrected chi connectivity index (χ4v) is 2.80. The molecule has 2 aromatic rings. The van der Waals surface area contributed by atoms with Gasteiger partial charge in [0, 0.05) is 22.2 Å². The maximum Gasteiger partial charge on any atom is 0.270 e. The Bertz CT molecular complexity index is 857. The molecular formula is C17H14Cl2N2O5. The normalized spacial score (nSPS) is 11.5. The van der Waals surface area contributed by atoms with E-state index in [1.165, 1.54) is 12.1 Å². The summed E-state index contributed by atoms with van der Waals surface area (Å²) < 4.78 is 5.29. The highest BCUT2D eigenvalue weighted by atomic mass is 35.5. The van der Waals surface area contributed by atoms with Crippen LogP contribution in [0.2, 0.25) is 10.0 Å². The van der Waals surface area contributed by atoms with Gasteiger partial charge in [-0.25, -0.2) is 0 Å². The molecule has 2 rings (SSSR count). The van der Waals surface area contributed by atoms with E-state index >= 15 is 0 Å². The third-order valence-electron chi connectivity index (χ3n) is 3.50. The molecule has 0 bridgehead atoms. The SMILES string of the molecule is C[C@H](NC(=O)COc1ccc([N+](=O)[O-])cc1C=O)c1ccc(Cl)cc1Cl. The summed E-state index contributed by atoms with van der Waals surface area (Å²) in [5.74, 6) is -0.364. The third kappa shape index (κ3) is 4.93. The molecule has 1 amide bonds. The Morgan fingerprint density at radius 3 is 2.65 bits per heavy atom. The number of ether oxygens (including phenoxy) is 1. The monoisotopic (exact) mass is 396 g/mol. The van der Waals surface area contributed by atoms with Crippen LogP contribution < -0.4 is 10.1 Å². The Morgan fingerprint density at radius 2 is 2.04 bits per heavy atom. The molecule has 0 unspecified atom stereocenters. The lowest BCUT2D eigenvalue weighted by Crippen LogP contribution is -2.31. The average Bonchev–Trinajstić information content (AvgIpc) is 2.59. The molecule has 0 saturated carbocycles. The number of hydrogen-bond acceptors (Lipinski definition) is 5. The second-order valence-corrected chi connectivity index (χ2v) is 6.18. The Kier molecular flexibility index (Phi) is 6.54. The topological polar surface area (TPSA) is 98.5 Å². The van der Waals surface area contributed by atoms with E-state index in [1.807, 2.05) is 0 Å². The average molecular weight is 397 g/mol. The van der Waals surface area contributed by atoms with Crippen molar-refractivity contribution in [1.82, 2.24) is 5.32 Å². The number of nitrogens with one attached hydrogen (secondary N) is 1. The van der Waals surface area contributed by atoms with E-state index in [2.05, 4.69) is 5.32 Å². The van der Waals surface area contributed by atoms with Crippen molar-refractivity contribution in [2.24, 2.45) is 0 Å². The summed E-state index contributed by atoms with van der Waals surface area (Å²) in [6.45, 7) is 1.38. The zero-order valence-corrected chi connectivity index (χ0v) is 15.1. The standard InChI is InChI=1S/C17H14Cl2N2O5/c1-10(14-4-2-12(18)7-15(14)19)20-17(23)9-26-16-5-3-13(21(24)25)6-11(16)8-22/h2-8,10H,9H2,1H3,(H,20,23)/t10-/m0/s1. The van der Waals surface area contributed by atoms with E-state index in [-0.39, 0.29) is 23.6 Å². The lowest BCUT2D eigenvalue weighted by Gasteiger charge is -2.16. The number of carbonyl (C=O) groups excluding carboxylic acids is 2. The number of nitro benzene ring substituents is 1. The first-order valence-electron chi connectivity index (χ1n) is 7.42. The summed E-state index contributed by atoms with van der Waals surface area (Å²) in [6.07, 6.45) is 0.427. The molecule has 0 heterocycles. The number of amides is 1. The molecule has 9 heteroatoms. The van der Waals surface area contributed by atoms with E-state index < -0.39 is 16.9 Å². The van der Waals surface area contributed by atoms with Crippen LogP contribution in [0.5, 0.6) is 5.75 Å². The van der Waals surface area contributed by atoms with Crippen molar-refractivity contribution in [3.63, 3.8) is 0 Å². The van der Waals surface area contributed by atoms with Crippen molar-refractivity contribution in [2.75, 3.05) is 6.61 Å². The van der Waals surface area contributed by atoms with Gasteiger partial charge in [0.05, 0.1) is 16.5 Å². The zero-order valence-electron chi connectivity index (χ0n) is 13.6. The highest BCUT2D eigenvalue weighted by Crippen LogP contribution is 2.26. The second-order valence-electron chi connectivity index (χ2n) is 5.34. The van der Waals surface area contributed by atoms with Crippen molar-refractivity contribution < 1.29 is 19.2 Å². The predicted molar refractivity (Wildman–Crippen MR) is 97.0 cm³/mol. The van der Waals surface area contributed by atoms with E-state index in [1.54, 1.807) is 25.1 Å². The maximum absolute atomic E-state index is 12.1. The second kappa shape index (κ2) is 8.64. The van der Waals surface area contributed by atoms with Crippen molar-refractivity contribution >= 4 is 41.1 Å². The van der Waals surface area contributed by atoms with E-state index in [0.717, 1.165) is 6.07 Å². The van der Waals surface area contributed by atoms with E-state index in [4.69, 9.17) is 27.9 Å². The molecule has 2 aromatic carbocycles. The molecule has 136 valence electrons. The van der Waals surface area contributed by atoms with Crippen molar-refractivity contribution in [3.05, 3.63) is 67.7 Å². The van der Waals surface area contributed by atoms with Crippen molar-refractivity contribution in [1.29, 1.82) is 0 Å². The molecule has 0 aliphatic carbocycles. The van der Waals surface area contributed by atoms with Gasteiger partial charge in [-0.15, -0.1) is 0 Å². The predicted octanol–water partition coefficient (Wildman–Crippen LogP) is 3.97. The summed E-state index contributed by atoms with van der Waals surface area (Å²) in [4.78, 5) is 33.2. The Hall–Kier alpha value is -2.64. The van der Waals surface area contributed by atoms with Crippen LogP contribution in [-0.4, -0.2) is 23.7 Å². The van der Waals surface area contributed by atoms with Gasteiger partial charge in [0.2, 0.25) is 0 Å². The number of carbonyl (C=O) groups is 2. The molecule has 0 aromatic heterocycles. The molecule has 7 nitrogen and oxygen atoms in total. The van der Waals surface area contributed by atoms with Gasteiger partial charge in [0.15, 0.2) is 12.9 Å². The largest absolute Gasteiger partial charge is 0.483 e. The van der Waals surface area contributed by atoms with Crippen LogP contribution in [-0.2, 0) is 4.79 Å². The van der Waals surface area contributed by atoms with Crippen LogP contribution >= 0.6 is 23.2 Å². The molecule has 26 heavy (non-hydrogen) atoms. The fraction of sp³-hybridized carbons (Fsp3) is 0.176. The molecule has 1 N–H and O–H groups in total. The number of non-ortho nitro benzene ring substituents is 1. The lowest BCUT2D eigenvalue weighted by atomic mass is 10.1. The first-order valence-corrected chi connectivity index (χ1v) is 8.18. The minimum absolute atomic E-state index is 0.0132. The van der Waals surface area contributed by atoms with Gasteiger partial charge in [0.25, 0.3) is 11.6 Å². The van der Waals surface area contributed by atoms with Gasteiger partial charge in [-0.05, 0) is 30.7 Å².